The molecule has 192 valence electrons. The lowest BCUT2D eigenvalue weighted by molar-refractivity contribution is -0.146. The second-order valence-corrected chi connectivity index (χ2v) is 8.93. The highest BCUT2D eigenvalue weighted by Gasteiger charge is 2.30. The van der Waals surface area contributed by atoms with Gasteiger partial charge in [0.15, 0.2) is 11.3 Å². The van der Waals surface area contributed by atoms with Gasteiger partial charge in [-0.3, -0.25) is 14.3 Å². The van der Waals surface area contributed by atoms with Crippen molar-refractivity contribution in [3.8, 4) is 0 Å². The molecule has 1 amide bonds. The minimum atomic E-state index is -2.88. The van der Waals surface area contributed by atoms with E-state index in [0.717, 1.165) is 6.54 Å². The molecule has 0 aromatic carbocycles. The highest BCUT2D eigenvalue weighted by Crippen LogP contribution is 2.35. The van der Waals surface area contributed by atoms with Crippen molar-refractivity contribution in [2.45, 2.75) is 44.3 Å². The van der Waals surface area contributed by atoms with Gasteiger partial charge in [0, 0.05) is 25.5 Å². The quantitative estimate of drug-likeness (QED) is 0.492. The van der Waals surface area contributed by atoms with Crippen molar-refractivity contribution in [1.82, 2.24) is 29.7 Å². The van der Waals surface area contributed by atoms with Gasteiger partial charge in [-0.15, -0.1) is 0 Å². The van der Waals surface area contributed by atoms with E-state index >= 15 is 0 Å². The zero-order valence-electron chi connectivity index (χ0n) is 19.7. The van der Waals surface area contributed by atoms with Crippen molar-refractivity contribution in [2.24, 2.45) is 5.92 Å². The molecule has 1 saturated heterocycles. The topological polar surface area (TPSA) is 125 Å². The molecule has 1 atom stereocenters. The fraction of sp³-hybridized carbons (Fsp3) is 0.522. The minimum Gasteiger partial charge on any atom is -0.469 e. The Kier molecular flexibility index (Phi) is 6.92. The fourth-order valence-electron chi connectivity index (χ4n) is 4.76. The molecule has 36 heavy (non-hydrogen) atoms. The molecule has 13 heteroatoms. The van der Waals surface area contributed by atoms with Gasteiger partial charge in [0.05, 0.1) is 43.3 Å². The van der Waals surface area contributed by atoms with Crippen LogP contribution in [0.1, 0.15) is 66.0 Å². The van der Waals surface area contributed by atoms with Crippen LogP contribution in [-0.4, -0.2) is 63.1 Å². The van der Waals surface area contributed by atoms with Crippen LogP contribution in [0.4, 0.5) is 14.5 Å². The molecule has 1 saturated carbocycles. The number of morpholine rings is 1. The molecular formula is C23H27F2N7O4. The summed E-state index contributed by atoms with van der Waals surface area (Å²) in [6, 6.07) is 1.62. The molecular weight excluding hydrogens is 476 g/mol. The maximum atomic E-state index is 13.8. The molecule has 1 aliphatic heterocycles. The van der Waals surface area contributed by atoms with Crippen LogP contribution in [0.25, 0.3) is 5.65 Å². The van der Waals surface area contributed by atoms with Crippen LogP contribution in [0.15, 0.2) is 24.7 Å². The molecule has 2 N–H and O–H groups in total. The molecule has 11 nitrogen and oxygen atoms in total. The number of nitrogens with one attached hydrogen (secondary N) is 2. The fourth-order valence-corrected chi connectivity index (χ4v) is 4.76. The summed E-state index contributed by atoms with van der Waals surface area (Å²) in [6.07, 6.45) is 3.67. The van der Waals surface area contributed by atoms with Crippen LogP contribution in [0.3, 0.4) is 0 Å². The summed E-state index contributed by atoms with van der Waals surface area (Å²) in [4.78, 5) is 29.4. The molecule has 4 heterocycles. The number of anilines is 1. The summed E-state index contributed by atoms with van der Waals surface area (Å²) >= 11 is 0. The van der Waals surface area contributed by atoms with Crippen molar-refractivity contribution < 1.29 is 27.8 Å². The van der Waals surface area contributed by atoms with Gasteiger partial charge < -0.3 is 20.1 Å². The molecule has 3 aromatic heterocycles. The number of carbonyl (C=O) groups excluding carboxylic acids is 2. The summed E-state index contributed by atoms with van der Waals surface area (Å²) in [7, 11) is 1.35. The number of aromatic nitrogens is 5. The summed E-state index contributed by atoms with van der Waals surface area (Å²) in [6.45, 7) is 1.90. The second-order valence-electron chi connectivity index (χ2n) is 8.93. The normalized spacial score (nSPS) is 22.6. The van der Waals surface area contributed by atoms with Crippen LogP contribution < -0.4 is 10.6 Å². The predicted octanol–water partition coefficient (Wildman–Crippen LogP) is 2.68. The van der Waals surface area contributed by atoms with Crippen LogP contribution in [0, 0.1) is 5.92 Å². The number of amides is 1. The van der Waals surface area contributed by atoms with Crippen molar-refractivity contribution in [1.29, 1.82) is 0 Å². The molecule has 2 fully saturated rings. The second kappa shape index (κ2) is 10.3. The third-order valence-corrected chi connectivity index (χ3v) is 6.71. The molecule has 1 aliphatic carbocycles. The third-order valence-electron chi connectivity index (χ3n) is 6.71. The first-order valence-electron chi connectivity index (χ1n) is 11.9. The van der Waals surface area contributed by atoms with Gasteiger partial charge in [0.25, 0.3) is 12.3 Å². The maximum absolute atomic E-state index is 13.8. The van der Waals surface area contributed by atoms with Gasteiger partial charge in [0.1, 0.15) is 11.7 Å². The van der Waals surface area contributed by atoms with Crippen molar-refractivity contribution >= 4 is 23.2 Å². The van der Waals surface area contributed by atoms with Gasteiger partial charge in [-0.05, 0) is 31.7 Å². The number of ether oxygens (including phenoxy) is 2. The Labute approximate surface area is 205 Å². The maximum Gasteiger partial charge on any atom is 0.308 e. The summed E-state index contributed by atoms with van der Waals surface area (Å²) in [5.41, 5.74) is 0.511. The van der Waals surface area contributed by atoms with Gasteiger partial charge in [-0.25, -0.2) is 18.3 Å². The average molecular weight is 504 g/mol. The van der Waals surface area contributed by atoms with E-state index < -0.39 is 18.0 Å². The van der Waals surface area contributed by atoms with E-state index in [0.29, 0.717) is 50.2 Å². The number of rotatable bonds is 6. The van der Waals surface area contributed by atoms with E-state index in [1.165, 1.54) is 28.7 Å². The number of hydrogen-bond acceptors (Lipinski definition) is 8. The van der Waals surface area contributed by atoms with E-state index in [4.69, 9.17) is 9.47 Å². The predicted molar refractivity (Wildman–Crippen MR) is 123 cm³/mol. The first kappa shape index (κ1) is 24.3. The number of methoxy groups -OCH3 is 1. The Morgan fingerprint density at radius 1 is 1.28 bits per heavy atom. The molecule has 5 rings (SSSR count). The summed E-state index contributed by atoms with van der Waals surface area (Å²) in [5, 5.41) is 14.0. The lowest BCUT2D eigenvalue weighted by Crippen LogP contribution is -2.33. The lowest BCUT2D eigenvalue weighted by atomic mass is 9.86. The number of hydrogen-bond donors (Lipinski definition) is 2. The summed E-state index contributed by atoms with van der Waals surface area (Å²) in [5.74, 6) is -1.07. The Bertz CT molecular complexity index is 1250. The van der Waals surface area contributed by atoms with Crippen molar-refractivity contribution in [2.75, 3.05) is 32.1 Å². The molecule has 1 unspecified atom stereocenters. The standard InChI is InChI=1S/C23H27F2N7O4/c1-35-23(34)13-2-4-14(5-3-13)32-12-17(19(30-32)20(24)25)29-22(33)15-10-27-31-8-6-16(28-21(15)31)18-11-26-7-9-36-18/h6,8,10,12-14,18,20,26H,2-5,7,9,11H2,1H3,(H,29,33). The first-order valence-corrected chi connectivity index (χ1v) is 11.9. The number of esters is 1. The molecule has 0 spiro atoms. The largest absolute Gasteiger partial charge is 0.469 e. The monoisotopic (exact) mass is 503 g/mol. The molecule has 0 bridgehead atoms. The van der Waals surface area contributed by atoms with Crippen LogP contribution in [0.5, 0.6) is 0 Å². The smallest absolute Gasteiger partial charge is 0.308 e. The highest BCUT2D eigenvalue weighted by atomic mass is 19.3. The van der Waals surface area contributed by atoms with Gasteiger partial charge in [-0.1, -0.05) is 0 Å². The molecule has 3 aromatic rings. The number of nitrogens with zero attached hydrogens (tertiary/aromatic N) is 5. The molecule has 0 radical (unpaired) electrons. The lowest BCUT2D eigenvalue weighted by Gasteiger charge is -2.27. The van der Waals surface area contributed by atoms with Crippen LogP contribution >= 0.6 is 0 Å². The van der Waals surface area contributed by atoms with E-state index in [9.17, 15) is 18.4 Å². The number of fused-ring (bicyclic) bond motifs is 1. The number of carbonyl (C=O) groups is 2. The molecule has 2 aliphatic rings. The van der Waals surface area contributed by atoms with E-state index in [-0.39, 0.29) is 35.3 Å². The zero-order valence-corrected chi connectivity index (χ0v) is 19.7. The first-order chi connectivity index (χ1) is 17.4. The van der Waals surface area contributed by atoms with E-state index in [2.05, 4.69) is 25.8 Å². The van der Waals surface area contributed by atoms with Crippen LogP contribution in [0.2, 0.25) is 0 Å². The Hall–Kier alpha value is -3.45. The minimum absolute atomic E-state index is 0.0691. The van der Waals surface area contributed by atoms with Crippen molar-refractivity contribution in [3.63, 3.8) is 0 Å². The van der Waals surface area contributed by atoms with Gasteiger partial charge >= 0.3 is 5.97 Å². The van der Waals surface area contributed by atoms with E-state index in [1.54, 1.807) is 12.3 Å². The van der Waals surface area contributed by atoms with Gasteiger partial charge in [-0.2, -0.15) is 10.2 Å². The Morgan fingerprint density at radius 3 is 2.78 bits per heavy atom. The number of halogens is 2. The number of alkyl halides is 2. The zero-order chi connectivity index (χ0) is 25.2. The summed E-state index contributed by atoms with van der Waals surface area (Å²) < 4.78 is 41.0. The van der Waals surface area contributed by atoms with Gasteiger partial charge in [0.2, 0.25) is 0 Å². The Balaban J connectivity index is 1.35. The van der Waals surface area contributed by atoms with Crippen molar-refractivity contribution in [3.05, 3.63) is 41.6 Å². The third kappa shape index (κ3) is 4.80. The Morgan fingerprint density at radius 2 is 2.08 bits per heavy atom. The SMILES string of the molecule is COC(=O)C1CCC(n2cc(NC(=O)c3cnn4ccc(C5CNCCO5)nc34)c(C(F)F)n2)CC1. The average Bonchev–Trinajstić information content (AvgIpc) is 3.53. The highest BCUT2D eigenvalue weighted by molar-refractivity contribution is 6.08. The van der Waals surface area contributed by atoms with Crippen LogP contribution in [-0.2, 0) is 14.3 Å². The van der Waals surface area contributed by atoms with E-state index in [1.807, 2.05) is 0 Å².